The number of carbonyl (C=O) groups is 1. The molecule has 1 aromatic heterocycles. The van der Waals surface area contributed by atoms with Gasteiger partial charge < -0.3 is 10.1 Å². The van der Waals surface area contributed by atoms with E-state index in [2.05, 4.69) is 10.3 Å². The van der Waals surface area contributed by atoms with Gasteiger partial charge in [-0.3, -0.25) is 14.1 Å². The number of rotatable bonds is 9. The Morgan fingerprint density at radius 2 is 1.82 bits per heavy atom. The molecule has 1 heterocycles. The summed E-state index contributed by atoms with van der Waals surface area (Å²) in [6, 6.07) is 17.2. The van der Waals surface area contributed by atoms with E-state index in [9.17, 15) is 13.2 Å². The Morgan fingerprint density at radius 1 is 1.09 bits per heavy atom. The van der Waals surface area contributed by atoms with Gasteiger partial charge in [0.1, 0.15) is 5.75 Å². The Hall–Kier alpha value is -3.39. The lowest BCUT2D eigenvalue weighted by atomic mass is 10.2. The normalized spacial score (nSPS) is 12.1. The highest BCUT2D eigenvalue weighted by Crippen LogP contribution is 2.28. The summed E-state index contributed by atoms with van der Waals surface area (Å²) in [6.07, 6.45) is 1.66. The van der Waals surface area contributed by atoms with Crippen molar-refractivity contribution in [1.82, 2.24) is 10.3 Å². The van der Waals surface area contributed by atoms with Crippen LogP contribution in [-0.4, -0.2) is 33.0 Å². The van der Waals surface area contributed by atoms with Crippen molar-refractivity contribution < 1.29 is 17.9 Å². The lowest BCUT2D eigenvalue weighted by Gasteiger charge is -2.26. The van der Waals surface area contributed by atoms with Gasteiger partial charge in [-0.05, 0) is 68.8 Å². The first-order chi connectivity index (χ1) is 15.7. The van der Waals surface area contributed by atoms with Crippen LogP contribution in [0.5, 0.6) is 5.75 Å². The van der Waals surface area contributed by atoms with Gasteiger partial charge in [0.25, 0.3) is 10.0 Å². The number of carbonyl (C=O) groups excluding carboxylic acids is 1. The summed E-state index contributed by atoms with van der Waals surface area (Å²) in [5.74, 6) is 0.354. The first kappa shape index (κ1) is 24.3. The highest BCUT2D eigenvalue weighted by atomic mass is 32.2. The zero-order valence-corrected chi connectivity index (χ0v) is 20.1. The molecule has 174 valence electrons. The molecule has 2 aromatic carbocycles. The van der Waals surface area contributed by atoms with E-state index in [1.165, 1.54) is 4.31 Å². The summed E-state index contributed by atoms with van der Waals surface area (Å²) in [5.41, 5.74) is 2.83. The second kappa shape index (κ2) is 10.5. The molecular weight excluding hydrogens is 438 g/mol. The molecule has 0 aliphatic heterocycles. The average Bonchev–Trinajstić information content (AvgIpc) is 2.79. The fraction of sp³-hybridized carbons (Fsp3) is 0.280. The van der Waals surface area contributed by atoms with Gasteiger partial charge in [0.15, 0.2) is 0 Å². The summed E-state index contributed by atoms with van der Waals surface area (Å²) in [5, 5.41) is 2.89. The van der Waals surface area contributed by atoms with Crippen LogP contribution in [0.3, 0.4) is 0 Å². The second-order valence-corrected chi connectivity index (χ2v) is 9.67. The minimum absolute atomic E-state index is 0.00661. The van der Waals surface area contributed by atoms with E-state index in [1.807, 2.05) is 38.1 Å². The van der Waals surface area contributed by atoms with Crippen molar-refractivity contribution in [3.05, 3.63) is 83.7 Å². The zero-order valence-electron chi connectivity index (χ0n) is 19.3. The number of aryl methyl sites for hydroxylation is 2. The quantitative estimate of drug-likeness (QED) is 0.510. The van der Waals surface area contributed by atoms with Crippen LogP contribution in [0.15, 0.2) is 71.8 Å². The molecule has 0 radical (unpaired) electrons. The Labute approximate surface area is 195 Å². The van der Waals surface area contributed by atoms with Crippen LogP contribution >= 0.6 is 0 Å². The predicted octanol–water partition coefficient (Wildman–Crippen LogP) is 4.17. The first-order valence-electron chi connectivity index (χ1n) is 10.7. The molecule has 0 saturated heterocycles. The van der Waals surface area contributed by atoms with Crippen LogP contribution in [-0.2, 0) is 14.8 Å². The topological polar surface area (TPSA) is 88.6 Å². The molecule has 1 atom stereocenters. The third-order valence-corrected chi connectivity index (χ3v) is 7.30. The summed E-state index contributed by atoms with van der Waals surface area (Å²) in [6.45, 7) is 5.52. The van der Waals surface area contributed by atoms with E-state index in [0.717, 1.165) is 11.3 Å². The molecule has 1 N–H and O–H groups in total. The number of sulfonamides is 1. The molecule has 3 aromatic rings. The van der Waals surface area contributed by atoms with Gasteiger partial charge >= 0.3 is 0 Å². The van der Waals surface area contributed by atoms with Crippen molar-refractivity contribution in [2.45, 2.75) is 38.1 Å². The van der Waals surface area contributed by atoms with Crippen LogP contribution in [0.25, 0.3) is 0 Å². The lowest BCUT2D eigenvalue weighted by Crippen LogP contribution is -2.36. The van der Waals surface area contributed by atoms with Gasteiger partial charge in [-0.25, -0.2) is 8.42 Å². The minimum Gasteiger partial charge on any atom is -0.497 e. The van der Waals surface area contributed by atoms with Gasteiger partial charge in [-0.15, -0.1) is 0 Å². The van der Waals surface area contributed by atoms with Crippen LogP contribution in [0.2, 0.25) is 0 Å². The van der Waals surface area contributed by atoms with Gasteiger partial charge in [0.2, 0.25) is 5.91 Å². The molecule has 33 heavy (non-hydrogen) atoms. The third kappa shape index (κ3) is 5.90. The number of pyridine rings is 1. The standard InChI is InChI=1S/C25H29N3O4S/c1-18-8-13-24(19(2)17-18)33(30,31)28(21-9-11-22(32-4)12-10-21)16-14-25(29)27-20(3)23-7-5-6-15-26-23/h5-13,15,17,20H,14,16H2,1-4H3,(H,27,29). The molecule has 0 bridgehead atoms. The molecule has 0 fully saturated rings. The maximum atomic E-state index is 13.6. The molecule has 3 rings (SSSR count). The number of hydrogen-bond donors (Lipinski definition) is 1. The van der Waals surface area contributed by atoms with E-state index in [-0.39, 0.29) is 29.8 Å². The number of benzene rings is 2. The Balaban J connectivity index is 1.85. The number of anilines is 1. The molecular formula is C25H29N3O4S. The fourth-order valence-electron chi connectivity index (χ4n) is 3.57. The van der Waals surface area contributed by atoms with E-state index in [0.29, 0.717) is 17.0 Å². The third-order valence-electron chi connectivity index (χ3n) is 5.31. The molecule has 1 amide bonds. The first-order valence-corrected chi connectivity index (χ1v) is 12.1. The Kier molecular flexibility index (Phi) is 7.71. The summed E-state index contributed by atoms with van der Waals surface area (Å²) >= 11 is 0. The zero-order chi connectivity index (χ0) is 24.0. The fourth-order valence-corrected chi connectivity index (χ4v) is 5.24. The molecule has 0 spiro atoms. The van der Waals surface area contributed by atoms with E-state index in [1.54, 1.807) is 56.6 Å². The number of nitrogens with one attached hydrogen (secondary N) is 1. The lowest BCUT2D eigenvalue weighted by molar-refractivity contribution is -0.121. The van der Waals surface area contributed by atoms with Gasteiger partial charge in [0, 0.05) is 19.2 Å². The Morgan fingerprint density at radius 3 is 2.42 bits per heavy atom. The predicted molar refractivity (Wildman–Crippen MR) is 129 cm³/mol. The van der Waals surface area contributed by atoms with Crippen molar-refractivity contribution in [2.75, 3.05) is 18.0 Å². The van der Waals surface area contributed by atoms with E-state index >= 15 is 0 Å². The summed E-state index contributed by atoms with van der Waals surface area (Å²) in [4.78, 5) is 17.1. The summed E-state index contributed by atoms with van der Waals surface area (Å²) < 4.78 is 33.7. The van der Waals surface area contributed by atoms with Crippen molar-refractivity contribution >= 4 is 21.6 Å². The maximum absolute atomic E-state index is 13.6. The van der Waals surface area contributed by atoms with Crippen LogP contribution in [0.1, 0.15) is 36.2 Å². The van der Waals surface area contributed by atoms with Crippen molar-refractivity contribution in [1.29, 1.82) is 0 Å². The van der Waals surface area contributed by atoms with Gasteiger partial charge in [-0.1, -0.05) is 23.8 Å². The van der Waals surface area contributed by atoms with E-state index < -0.39 is 10.0 Å². The van der Waals surface area contributed by atoms with Crippen molar-refractivity contribution in [2.24, 2.45) is 0 Å². The minimum atomic E-state index is -3.90. The summed E-state index contributed by atoms with van der Waals surface area (Å²) in [7, 11) is -2.35. The molecule has 0 aliphatic rings. The van der Waals surface area contributed by atoms with Crippen LogP contribution in [0.4, 0.5) is 5.69 Å². The maximum Gasteiger partial charge on any atom is 0.264 e. The van der Waals surface area contributed by atoms with Gasteiger partial charge in [0.05, 0.1) is 29.4 Å². The molecule has 7 nitrogen and oxygen atoms in total. The molecule has 8 heteroatoms. The van der Waals surface area contributed by atoms with E-state index in [4.69, 9.17) is 4.74 Å². The molecule has 0 aliphatic carbocycles. The van der Waals surface area contributed by atoms with Crippen LogP contribution in [0, 0.1) is 13.8 Å². The molecule has 0 saturated carbocycles. The smallest absolute Gasteiger partial charge is 0.264 e. The highest BCUT2D eigenvalue weighted by molar-refractivity contribution is 7.92. The average molecular weight is 468 g/mol. The SMILES string of the molecule is COc1ccc(N(CCC(=O)NC(C)c2ccccn2)S(=O)(=O)c2ccc(C)cc2C)cc1. The number of amides is 1. The van der Waals surface area contributed by atoms with Crippen LogP contribution < -0.4 is 14.4 Å². The largest absolute Gasteiger partial charge is 0.497 e. The number of methoxy groups -OCH3 is 1. The van der Waals surface area contributed by atoms with Gasteiger partial charge in [-0.2, -0.15) is 0 Å². The molecule has 1 unspecified atom stereocenters. The number of aromatic nitrogens is 1. The highest BCUT2D eigenvalue weighted by Gasteiger charge is 2.27. The number of hydrogen-bond acceptors (Lipinski definition) is 5. The number of ether oxygens (including phenoxy) is 1. The Bertz CT molecular complexity index is 1200. The number of nitrogens with zero attached hydrogens (tertiary/aromatic N) is 2. The van der Waals surface area contributed by atoms with Crippen molar-refractivity contribution in [3.63, 3.8) is 0 Å². The van der Waals surface area contributed by atoms with Crippen molar-refractivity contribution in [3.8, 4) is 5.75 Å². The monoisotopic (exact) mass is 467 g/mol. The second-order valence-electron chi connectivity index (χ2n) is 7.84.